The number of carbonyl (C=O) groups is 1. The highest BCUT2D eigenvalue weighted by Crippen LogP contribution is 2.27. The monoisotopic (exact) mass is 302 g/mol. The molecule has 2 aromatic rings. The van der Waals surface area contributed by atoms with E-state index in [0.717, 1.165) is 5.56 Å². The predicted octanol–water partition coefficient (Wildman–Crippen LogP) is 3.51. The van der Waals surface area contributed by atoms with Crippen molar-refractivity contribution in [1.82, 2.24) is 5.43 Å². The summed E-state index contributed by atoms with van der Waals surface area (Å²) < 4.78 is 0. The lowest BCUT2D eigenvalue weighted by molar-refractivity contribution is 0.0954. The lowest BCUT2D eigenvalue weighted by Gasteiger charge is -2.07. The number of nitrogens with one attached hydrogen (secondary N) is 1. The first-order chi connectivity index (χ1) is 10.0. The van der Waals surface area contributed by atoms with Crippen LogP contribution in [0, 0.1) is 6.92 Å². The van der Waals surface area contributed by atoms with Crippen LogP contribution in [0.15, 0.2) is 47.6 Å². The molecule has 0 unspecified atom stereocenters. The maximum absolute atomic E-state index is 12.0. The minimum absolute atomic E-state index is 0.0504. The van der Waals surface area contributed by atoms with E-state index >= 15 is 0 Å². The number of phenols is 1. The molecule has 2 rings (SSSR count). The van der Waals surface area contributed by atoms with Gasteiger partial charge < -0.3 is 5.11 Å². The van der Waals surface area contributed by atoms with Gasteiger partial charge in [0.15, 0.2) is 0 Å². The molecule has 108 valence electrons. The van der Waals surface area contributed by atoms with Crippen molar-refractivity contribution in [3.63, 3.8) is 0 Å². The summed E-state index contributed by atoms with van der Waals surface area (Å²) in [7, 11) is 0. The van der Waals surface area contributed by atoms with Gasteiger partial charge in [-0.2, -0.15) is 5.10 Å². The SMILES string of the molecule is CC(=NNC(=O)c1ccccc1C)c1cccc(Cl)c1O. The Hall–Kier alpha value is -2.33. The predicted molar refractivity (Wildman–Crippen MR) is 84.0 cm³/mol. The van der Waals surface area contributed by atoms with Gasteiger partial charge in [-0.15, -0.1) is 0 Å². The lowest BCUT2D eigenvalue weighted by Crippen LogP contribution is -2.20. The van der Waals surface area contributed by atoms with Crippen molar-refractivity contribution in [2.24, 2.45) is 5.10 Å². The highest BCUT2D eigenvalue weighted by Gasteiger charge is 2.10. The zero-order valence-corrected chi connectivity index (χ0v) is 12.5. The summed E-state index contributed by atoms with van der Waals surface area (Å²) in [6.45, 7) is 3.54. The van der Waals surface area contributed by atoms with E-state index in [2.05, 4.69) is 10.5 Å². The van der Waals surface area contributed by atoms with Crippen molar-refractivity contribution in [2.45, 2.75) is 13.8 Å². The van der Waals surface area contributed by atoms with Crippen LogP contribution in [0.5, 0.6) is 5.75 Å². The topological polar surface area (TPSA) is 61.7 Å². The standard InChI is InChI=1S/C16H15ClN2O2/c1-10-6-3-4-7-12(10)16(21)19-18-11(2)13-8-5-9-14(17)15(13)20/h3-9,20H,1-2H3,(H,19,21). The number of nitrogens with zero attached hydrogens (tertiary/aromatic N) is 1. The number of aryl methyl sites for hydroxylation is 1. The molecule has 5 heteroatoms. The molecule has 0 atom stereocenters. The van der Waals surface area contributed by atoms with Gasteiger partial charge in [0.25, 0.3) is 5.91 Å². The van der Waals surface area contributed by atoms with Crippen LogP contribution in [0.1, 0.15) is 28.4 Å². The Kier molecular flexibility index (Phi) is 4.60. The maximum Gasteiger partial charge on any atom is 0.271 e. The summed E-state index contributed by atoms with van der Waals surface area (Å²) in [5.74, 6) is -0.348. The third-order valence-corrected chi connectivity index (χ3v) is 3.40. The second-order valence-corrected chi connectivity index (χ2v) is 5.00. The number of halogens is 1. The van der Waals surface area contributed by atoms with Gasteiger partial charge in [0.05, 0.1) is 10.7 Å². The molecule has 0 aliphatic carbocycles. The molecule has 4 nitrogen and oxygen atoms in total. The number of phenolic OH excluding ortho intramolecular Hbond substituents is 1. The summed E-state index contributed by atoms with van der Waals surface area (Å²) in [6, 6.07) is 12.2. The molecule has 0 saturated carbocycles. The molecule has 0 heterocycles. The van der Waals surface area contributed by atoms with E-state index < -0.39 is 0 Å². The summed E-state index contributed by atoms with van der Waals surface area (Å²) in [6.07, 6.45) is 0. The van der Waals surface area contributed by atoms with Crippen LogP contribution < -0.4 is 5.43 Å². The van der Waals surface area contributed by atoms with Gasteiger partial charge in [0.2, 0.25) is 0 Å². The maximum atomic E-state index is 12.0. The van der Waals surface area contributed by atoms with E-state index in [4.69, 9.17) is 11.6 Å². The van der Waals surface area contributed by atoms with Gasteiger partial charge in [-0.1, -0.05) is 35.9 Å². The van der Waals surface area contributed by atoms with Gasteiger partial charge in [0, 0.05) is 11.1 Å². The lowest BCUT2D eigenvalue weighted by atomic mass is 10.1. The summed E-state index contributed by atoms with van der Waals surface area (Å²) >= 11 is 5.84. The van der Waals surface area contributed by atoms with Gasteiger partial charge in [-0.3, -0.25) is 4.79 Å². The molecule has 0 spiro atoms. The second-order valence-electron chi connectivity index (χ2n) is 4.59. The first-order valence-electron chi connectivity index (χ1n) is 6.39. The number of rotatable bonds is 3. The number of benzene rings is 2. The van der Waals surface area contributed by atoms with Gasteiger partial charge in [-0.05, 0) is 37.6 Å². The quantitative estimate of drug-likeness (QED) is 0.673. The average molecular weight is 303 g/mol. The van der Waals surface area contributed by atoms with Crippen molar-refractivity contribution >= 4 is 23.2 Å². The first-order valence-corrected chi connectivity index (χ1v) is 6.76. The summed E-state index contributed by atoms with van der Waals surface area (Å²) in [5.41, 5.74) is 4.86. The minimum Gasteiger partial charge on any atom is -0.506 e. The number of carbonyl (C=O) groups excluding carboxylic acids is 1. The number of aromatic hydroxyl groups is 1. The Morgan fingerprint density at radius 2 is 1.81 bits per heavy atom. The Morgan fingerprint density at radius 3 is 2.52 bits per heavy atom. The largest absolute Gasteiger partial charge is 0.506 e. The van der Waals surface area contributed by atoms with Gasteiger partial charge in [-0.25, -0.2) is 5.43 Å². The molecule has 0 aromatic heterocycles. The van der Waals surface area contributed by atoms with Crippen LogP contribution >= 0.6 is 11.6 Å². The van der Waals surface area contributed by atoms with Crippen molar-refractivity contribution < 1.29 is 9.90 Å². The van der Waals surface area contributed by atoms with Crippen molar-refractivity contribution in [2.75, 3.05) is 0 Å². The Bertz CT molecular complexity index is 711. The molecular formula is C16H15ClN2O2. The molecule has 0 saturated heterocycles. The molecule has 0 fully saturated rings. The highest BCUT2D eigenvalue weighted by atomic mass is 35.5. The number of hydrogen-bond acceptors (Lipinski definition) is 3. The molecule has 2 aromatic carbocycles. The minimum atomic E-state index is -0.297. The van der Waals surface area contributed by atoms with Crippen LogP contribution in [-0.4, -0.2) is 16.7 Å². The molecular weight excluding hydrogens is 288 g/mol. The van der Waals surface area contributed by atoms with Crippen LogP contribution in [-0.2, 0) is 0 Å². The Labute approximate surface area is 128 Å². The molecule has 1 amide bonds. The number of hydrazone groups is 1. The second kappa shape index (κ2) is 6.41. The first kappa shape index (κ1) is 15.1. The molecule has 0 aliphatic heterocycles. The fourth-order valence-corrected chi connectivity index (χ4v) is 2.06. The van der Waals surface area contributed by atoms with Crippen molar-refractivity contribution in [3.05, 3.63) is 64.2 Å². The highest BCUT2D eigenvalue weighted by molar-refractivity contribution is 6.32. The Balaban J connectivity index is 2.19. The molecule has 0 bridgehead atoms. The van der Waals surface area contributed by atoms with Crippen molar-refractivity contribution in [1.29, 1.82) is 0 Å². The molecule has 21 heavy (non-hydrogen) atoms. The van der Waals surface area contributed by atoms with Crippen LogP contribution in [0.25, 0.3) is 0 Å². The van der Waals surface area contributed by atoms with E-state index in [1.54, 1.807) is 37.3 Å². The van der Waals surface area contributed by atoms with E-state index in [0.29, 0.717) is 16.8 Å². The number of hydrogen-bond donors (Lipinski definition) is 2. The van der Waals surface area contributed by atoms with E-state index in [1.165, 1.54) is 0 Å². The number of para-hydroxylation sites is 1. The van der Waals surface area contributed by atoms with Crippen molar-refractivity contribution in [3.8, 4) is 5.75 Å². The third-order valence-electron chi connectivity index (χ3n) is 3.09. The fourth-order valence-electron chi connectivity index (χ4n) is 1.89. The zero-order chi connectivity index (χ0) is 15.4. The molecule has 2 N–H and O–H groups in total. The van der Waals surface area contributed by atoms with E-state index in [-0.39, 0.29) is 16.7 Å². The van der Waals surface area contributed by atoms with Gasteiger partial charge >= 0.3 is 0 Å². The zero-order valence-electron chi connectivity index (χ0n) is 11.7. The number of amides is 1. The van der Waals surface area contributed by atoms with Crippen LogP contribution in [0.4, 0.5) is 0 Å². The van der Waals surface area contributed by atoms with E-state index in [9.17, 15) is 9.90 Å². The summed E-state index contributed by atoms with van der Waals surface area (Å²) in [5, 5.41) is 14.1. The molecule has 0 radical (unpaired) electrons. The van der Waals surface area contributed by atoms with Gasteiger partial charge in [0.1, 0.15) is 5.75 Å². The smallest absolute Gasteiger partial charge is 0.271 e. The normalized spacial score (nSPS) is 11.3. The summed E-state index contributed by atoms with van der Waals surface area (Å²) in [4.78, 5) is 12.0. The van der Waals surface area contributed by atoms with Crippen LogP contribution in [0.2, 0.25) is 5.02 Å². The third kappa shape index (κ3) is 3.41. The van der Waals surface area contributed by atoms with E-state index in [1.807, 2.05) is 19.1 Å². The molecule has 0 aliphatic rings. The fraction of sp³-hybridized carbons (Fsp3) is 0.125. The average Bonchev–Trinajstić information content (AvgIpc) is 2.47. The van der Waals surface area contributed by atoms with Crippen LogP contribution in [0.3, 0.4) is 0 Å². The Morgan fingerprint density at radius 1 is 1.14 bits per heavy atom.